The summed E-state index contributed by atoms with van der Waals surface area (Å²) in [6.07, 6.45) is 1.13. The minimum absolute atomic E-state index is 0.0231. The van der Waals surface area contributed by atoms with E-state index >= 15 is 0 Å². The van der Waals surface area contributed by atoms with E-state index < -0.39 is 10.0 Å². The summed E-state index contributed by atoms with van der Waals surface area (Å²) in [7, 11) is -3.16. The monoisotopic (exact) mass is 390 g/mol. The third-order valence-electron chi connectivity index (χ3n) is 4.99. The van der Waals surface area contributed by atoms with Crippen LogP contribution < -0.4 is 10.1 Å². The van der Waals surface area contributed by atoms with Gasteiger partial charge in [0.15, 0.2) is 0 Å². The van der Waals surface area contributed by atoms with Gasteiger partial charge in [0.25, 0.3) is 0 Å². The summed E-state index contributed by atoms with van der Waals surface area (Å²) in [5.74, 6) is 0.756. The number of ether oxygens (including phenoxy) is 1. The van der Waals surface area contributed by atoms with E-state index in [4.69, 9.17) is 4.74 Å². The third-order valence-corrected chi connectivity index (χ3v) is 6.87. The van der Waals surface area contributed by atoms with Crippen molar-refractivity contribution in [2.45, 2.75) is 19.8 Å². The van der Waals surface area contributed by atoms with E-state index in [1.165, 1.54) is 4.31 Å². The summed E-state index contributed by atoms with van der Waals surface area (Å²) in [5, 5.41) is 5.08. The van der Waals surface area contributed by atoms with Crippen molar-refractivity contribution in [3.8, 4) is 5.75 Å². The summed E-state index contributed by atoms with van der Waals surface area (Å²) in [4.78, 5) is 12.3. The molecule has 0 aliphatic carbocycles. The molecule has 0 aromatic heterocycles. The summed E-state index contributed by atoms with van der Waals surface area (Å²) >= 11 is 0. The number of sulfonamides is 1. The number of carbonyl (C=O) groups excluding carboxylic acids is 1. The molecule has 3 rings (SSSR count). The molecule has 0 atom stereocenters. The number of hydrogen-bond donors (Lipinski definition) is 1. The van der Waals surface area contributed by atoms with Crippen molar-refractivity contribution in [1.29, 1.82) is 0 Å². The van der Waals surface area contributed by atoms with Gasteiger partial charge in [-0.1, -0.05) is 36.4 Å². The molecule has 2 aromatic rings. The molecule has 7 heteroatoms. The second kappa shape index (κ2) is 8.71. The summed E-state index contributed by atoms with van der Waals surface area (Å²) in [5.41, 5.74) is 0. The van der Waals surface area contributed by atoms with Gasteiger partial charge in [-0.25, -0.2) is 12.7 Å². The first kappa shape index (κ1) is 19.6. The molecule has 27 heavy (non-hydrogen) atoms. The van der Waals surface area contributed by atoms with Crippen LogP contribution >= 0.6 is 0 Å². The Labute approximate surface area is 160 Å². The molecule has 0 radical (unpaired) electrons. The van der Waals surface area contributed by atoms with Crippen molar-refractivity contribution in [3.63, 3.8) is 0 Å². The van der Waals surface area contributed by atoms with Crippen LogP contribution in [0.4, 0.5) is 0 Å². The first-order chi connectivity index (χ1) is 13.0. The molecule has 6 nitrogen and oxygen atoms in total. The van der Waals surface area contributed by atoms with Gasteiger partial charge >= 0.3 is 0 Å². The molecule has 1 N–H and O–H groups in total. The molecule has 1 aliphatic heterocycles. The lowest BCUT2D eigenvalue weighted by atomic mass is 9.97. The smallest absolute Gasteiger partial charge is 0.223 e. The molecule has 0 unspecified atom stereocenters. The zero-order chi connectivity index (χ0) is 19.3. The molecule has 1 aliphatic rings. The number of benzene rings is 2. The Morgan fingerprint density at radius 2 is 1.85 bits per heavy atom. The van der Waals surface area contributed by atoms with Gasteiger partial charge < -0.3 is 10.1 Å². The standard InChI is InChI=1S/C20H26N2O4S/c1-2-27(24,25)22-13-10-17(11-14-22)20(23)21-12-15-26-19-9-5-7-16-6-3-4-8-18(16)19/h3-9,17H,2,10-15H2,1H3,(H,21,23). The maximum atomic E-state index is 12.3. The van der Waals surface area contributed by atoms with Gasteiger partial charge in [0, 0.05) is 24.4 Å². The largest absolute Gasteiger partial charge is 0.491 e. The molecule has 1 amide bonds. The minimum atomic E-state index is -3.16. The Bertz CT molecular complexity index is 884. The lowest BCUT2D eigenvalue weighted by Crippen LogP contribution is -2.44. The average molecular weight is 391 g/mol. The zero-order valence-corrected chi connectivity index (χ0v) is 16.4. The minimum Gasteiger partial charge on any atom is -0.491 e. The lowest BCUT2D eigenvalue weighted by molar-refractivity contribution is -0.126. The molecular formula is C20H26N2O4S. The Balaban J connectivity index is 1.44. The molecule has 0 saturated carbocycles. The molecule has 0 bridgehead atoms. The van der Waals surface area contributed by atoms with Crippen LogP contribution in [0, 0.1) is 5.92 Å². The molecule has 1 fully saturated rings. The normalized spacial score (nSPS) is 16.3. The van der Waals surface area contributed by atoms with E-state index in [1.807, 2.05) is 42.5 Å². The predicted molar refractivity (Wildman–Crippen MR) is 106 cm³/mol. The number of piperidine rings is 1. The van der Waals surface area contributed by atoms with Gasteiger partial charge in [0.1, 0.15) is 12.4 Å². The maximum Gasteiger partial charge on any atom is 0.223 e. The number of fused-ring (bicyclic) bond motifs is 1. The van der Waals surface area contributed by atoms with Crippen LogP contribution in [0.25, 0.3) is 10.8 Å². The predicted octanol–water partition coefficient (Wildman–Crippen LogP) is 2.40. The van der Waals surface area contributed by atoms with Crippen molar-refractivity contribution in [2.75, 3.05) is 32.0 Å². The fraction of sp³-hybridized carbons (Fsp3) is 0.450. The first-order valence-corrected chi connectivity index (χ1v) is 11.0. The Kier molecular flexibility index (Phi) is 6.34. The van der Waals surface area contributed by atoms with E-state index in [2.05, 4.69) is 5.32 Å². The molecule has 1 heterocycles. The fourth-order valence-corrected chi connectivity index (χ4v) is 4.51. The molecule has 2 aromatic carbocycles. The molecule has 0 spiro atoms. The van der Waals surface area contributed by atoms with E-state index in [1.54, 1.807) is 6.92 Å². The van der Waals surface area contributed by atoms with Crippen molar-refractivity contribution >= 4 is 26.7 Å². The van der Waals surface area contributed by atoms with Crippen molar-refractivity contribution in [2.24, 2.45) is 5.92 Å². The Morgan fingerprint density at radius 3 is 2.59 bits per heavy atom. The van der Waals surface area contributed by atoms with Gasteiger partial charge in [-0.2, -0.15) is 0 Å². The third kappa shape index (κ3) is 4.78. The average Bonchev–Trinajstić information content (AvgIpc) is 2.71. The van der Waals surface area contributed by atoms with Crippen molar-refractivity contribution in [1.82, 2.24) is 9.62 Å². The van der Waals surface area contributed by atoms with E-state index in [0.717, 1.165) is 16.5 Å². The van der Waals surface area contributed by atoms with E-state index in [-0.39, 0.29) is 17.6 Å². The summed E-state index contributed by atoms with van der Waals surface area (Å²) < 4.78 is 31.1. The van der Waals surface area contributed by atoms with Crippen LogP contribution in [-0.4, -0.2) is 50.6 Å². The van der Waals surface area contributed by atoms with Crippen LogP contribution in [0.15, 0.2) is 42.5 Å². The lowest BCUT2D eigenvalue weighted by Gasteiger charge is -2.30. The van der Waals surface area contributed by atoms with E-state index in [0.29, 0.717) is 39.1 Å². The van der Waals surface area contributed by atoms with Crippen molar-refractivity contribution < 1.29 is 17.9 Å². The van der Waals surface area contributed by atoms with Crippen LogP contribution in [0.5, 0.6) is 5.75 Å². The number of hydrogen-bond acceptors (Lipinski definition) is 4. The number of amides is 1. The summed E-state index contributed by atoms with van der Waals surface area (Å²) in [6.45, 7) is 3.30. The number of nitrogens with zero attached hydrogens (tertiary/aromatic N) is 1. The topological polar surface area (TPSA) is 75.7 Å². The Hall–Kier alpha value is -2.12. The zero-order valence-electron chi connectivity index (χ0n) is 15.6. The van der Waals surface area contributed by atoms with Gasteiger partial charge in [0.2, 0.25) is 15.9 Å². The van der Waals surface area contributed by atoms with E-state index in [9.17, 15) is 13.2 Å². The van der Waals surface area contributed by atoms with Crippen molar-refractivity contribution in [3.05, 3.63) is 42.5 Å². The van der Waals surface area contributed by atoms with Gasteiger partial charge in [-0.15, -0.1) is 0 Å². The first-order valence-electron chi connectivity index (χ1n) is 9.37. The number of rotatable bonds is 7. The quantitative estimate of drug-likeness (QED) is 0.737. The Morgan fingerprint density at radius 1 is 1.15 bits per heavy atom. The number of carbonyl (C=O) groups is 1. The second-order valence-electron chi connectivity index (χ2n) is 6.69. The van der Waals surface area contributed by atoms with Crippen LogP contribution in [0.2, 0.25) is 0 Å². The van der Waals surface area contributed by atoms with Gasteiger partial charge in [-0.05, 0) is 31.2 Å². The highest BCUT2D eigenvalue weighted by atomic mass is 32.2. The maximum absolute atomic E-state index is 12.3. The molecule has 146 valence electrons. The highest BCUT2D eigenvalue weighted by Gasteiger charge is 2.29. The molecule has 1 saturated heterocycles. The number of nitrogens with one attached hydrogen (secondary N) is 1. The van der Waals surface area contributed by atoms with Gasteiger partial charge in [0.05, 0.1) is 12.3 Å². The van der Waals surface area contributed by atoms with Crippen LogP contribution in [-0.2, 0) is 14.8 Å². The second-order valence-corrected chi connectivity index (χ2v) is 8.95. The highest BCUT2D eigenvalue weighted by molar-refractivity contribution is 7.89. The van der Waals surface area contributed by atoms with Gasteiger partial charge in [-0.3, -0.25) is 4.79 Å². The van der Waals surface area contributed by atoms with Crippen LogP contribution in [0.1, 0.15) is 19.8 Å². The summed E-state index contributed by atoms with van der Waals surface area (Å²) in [6, 6.07) is 13.9. The molecular weight excluding hydrogens is 364 g/mol. The van der Waals surface area contributed by atoms with Crippen LogP contribution in [0.3, 0.4) is 0 Å². The fourth-order valence-electron chi connectivity index (χ4n) is 3.38. The SMILES string of the molecule is CCS(=O)(=O)N1CCC(C(=O)NCCOc2cccc3ccccc23)CC1. The highest BCUT2D eigenvalue weighted by Crippen LogP contribution is 2.25.